The first-order valence-electron chi connectivity index (χ1n) is 9.16. The zero-order chi connectivity index (χ0) is 17.9. The minimum absolute atomic E-state index is 0.0654. The molecular formula is C18H30N4O2S. The molecule has 2 saturated heterocycles. The normalized spacial score (nSPS) is 20.8. The van der Waals surface area contributed by atoms with Crippen LogP contribution in [0.15, 0.2) is 18.2 Å². The Morgan fingerprint density at radius 1 is 1.16 bits per heavy atom. The van der Waals surface area contributed by atoms with Crippen LogP contribution in [-0.4, -0.2) is 64.9 Å². The summed E-state index contributed by atoms with van der Waals surface area (Å²) in [6, 6.07) is 6.65. The van der Waals surface area contributed by atoms with Crippen LogP contribution in [0.4, 0.5) is 5.69 Å². The van der Waals surface area contributed by atoms with Gasteiger partial charge in [0.05, 0.1) is 6.26 Å². The van der Waals surface area contributed by atoms with E-state index in [1.807, 2.05) is 0 Å². The second kappa shape index (κ2) is 8.03. The van der Waals surface area contributed by atoms with E-state index in [-0.39, 0.29) is 6.04 Å². The van der Waals surface area contributed by atoms with Crippen LogP contribution in [0.5, 0.6) is 0 Å². The minimum Gasteiger partial charge on any atom is -0.371 e. The Balaban J connectivity index is 1.64. The van der Waals surface area contributed by atoms with Crippen molar-refractivity contribution in [1.29, 1.82) is 0 Å². The van der Waals surface area contributed by atoms with Gasteiger partial charge >= 0.3 is 0 Å². The zero-order valence-electron chi connectivity index (χ0n) is 15.3. The van der Waals surface area contributed by atoms with Crippen LogP contribution in [0.3, 0.4) is 0 Å². The van der Waals surface area contributed by atoms with E-state index in [9.17, 15) is 8.42 Å². The molecule has 0 unspecified atom stereocenters. The van der Waals surface area contributed by atoms with Crippen LogP contribution in [0.2, 0.25) is 0 Å². The lowest BCUT2D eigenvalue weighted by molar-refractivity contribution is 0.233. The molecule has 0 amide bonds. The third-order valence-corrected chi connectivity index (χ3v) is 6.00. The van der Waals surface area contributed by atoms with Gasteiger partial charge in [0.25, 0.3) is 0 Å². The molecule has 0 aliphatic carbocycles. The molecule has 2 heterocycles. The summed E-state index contributed by atoms with van der Waals surface area (Å²) < 4.78 is 25.6. The topological polar surface area (TPSA) is 64.7 Å². The van der Waals surface area contributed by atoms with E-state index in [0.717, 1.165) is 58.7 Å². The summed E-state index contributed by atoms with van der Waals surface area (Å²) in [5.41, 5.74) is 4.05. The average Bonchev–Trinajstić information content (AvgIpc) is 2.57. The van der Waals surface area contributed by atoms with Crippen LogP contribution in [0, 0.1) is 6.92 Å². The highest BCUT2D eigenvalue weighted by molar-refractivity contribution is 7.88. The van der Waals surface area contributed by atoms with Gasteiger partial charge in [-0.05, 0) is 37.0 Å². The maximum atomic E-state index is 11.4. The van der Waals surface area contributed by atoms with Crippen LogP contribution in [0.25, 0.3) is 0 Å². The van der Waals surface area contributed by atoms with Crippen molar-refractivity contribution in [2.24, 2.45) is 0 Å². The van der Waals surface area contributed by atoms with E-state index in [2.05, 4.69) is 45.0 Å². The molecule has 0 radical (unpaired) electrons. The van der Waals surface area contributed by atoms with Gasteiger partial charge in [-0.2, -0.15) is 0 Å². The van der Waals surface area contributed by atoms with Gasteiger partial charge in [-0.3, -0.25) is 4.90 Å². The first-order valence-corrected chi connectivity index (χ1v) is 11.1. The predicted molar refractivity (Wildman–Crippen MR) is 103 cm³/mol. The maximum Gasteiger partial charge on any atom is 0.208 e. The number of piperidine rings is 1. The molecule has 0 saturated carbocycles. The lowest BCUT2D eigenvalue weighted by Crippen LogP contribution is -2.44. The Hall–Kier alpha value is -1.15. The summed E-state index contributed by atoms with van der Waals surface area (Å²) in [7, 11) is -3.12. The first-order chi connectivity index (χ1) is 11.9. The van der Waals surface area contributed by atoms with E-state index in [4.69, 9.17) is 0 Å². The number of nitrogens with zero attached hydrogens (tertiary/aromatic N) is 2. The quantitative estimate of drug-likeness (QED) is 0.811. The van der Waals surface area contributed by atoms with Gasteiger partial charge in [-0.15, -0.1) is 0 Å². The lowest BCUT2D eigenvalue weighted by atomic mass is 10.0. The number of nitrogens with one attached hydrogen (secondary N) is 2. The molecule has 2 fully saturated rings. The lowest BCUT2D eigenvalue weighted by Gasteiger charge is -2.35. The largest absolute Gasteiger partial charge is 0.371 e. The van der Waals surface area contributed by atoms with Gasteiger partial charge in [-0.25, -0.2) is 13.1 Å². The molecule has 0 bridgehead atoms. The third kappa shape index (κ3) is 5.17. The summed E-state index contributed by atoms with van der Waals surface area (Å²) in [6.45, 7) is 9.36. The second-order valence-electron chi connectivity index (χ2n) is 7.24. The van der Waals surface area contributed by atoms with Gasteiger partial charge in [-0.1, -0.05) is 12.1 Å². The van der Waals surface area contributed by atoms with E-state index in [0.29, 0.717) is 0 Å². The fraction of sp³-hybridized carbons (Fsp3) is 0.667. The number of benzene rings is 1. The Bertz CT molecular complexity index is 678. The van der Waals surface area contributed by atoms with Crippen molar-refractivity contribution in [3.63, 3.8) is 0 Å². The van der Waals surface area contributed by atoms with Gasteiger partial charge in [0.1, 0.15) is 0 Å². The Morgan fingerprint density at radius 3 is 2.48 bits per heavy atom. The molecule has 25 heavy (non-hydrogen) atoms. The van der Waals surface area contributed by atoms with E-state index < -0.39 is 10.0 Å². The Morgan fingerprint density at radius 2 is 1.84 bits per heavy atom. The highest BCUT2D eigenvalue weighted by Crippen LogP contribution is 2.27. The highest BCUT2D eigenvalue weighted by atomic mass is 32.2. The zero-order valence-corrected chi connectivity index (χ0v) is 16.1. The average molecular weight is 367 g/mol. The fourth-order valence-electron chi connectivity index (χ4n) is 3.83. The highest BCUT2D eigenvalue weighted by Gasteiger charge is 2.23. The third-order valence-electron chi connectivity index (χ3n) is 5.24. The van der Waals surface area contributed by atoms with Gasteiger partial charge in [0.15, 0.2) is 0 Å². The molecule has 3 rings (SSSR count). The van der Waals surface area contributed by atoms with E-state index in [1.165, 1.54) is 23.1 Å². The molecule has 2 aliphatic heterocycles. The van der Waals surface area contributed by atoms with Crippen molar-refractivity contribution < 1.29 is 8.42 Å². The van der Waals surface area contributed by atoms with Crippen LogP contribution >= 0.6 is 0 Å². The second-order valence-corrected chi connectivity index (χ2v) is 9.02. The number of sulfonamides is 1. The molecule has 0 atom stereocenters. The number of anilines is 1. The van der Waals surface area contributed by atoms with Crippen molar-refractivity contribution in [1.82, 2.24) is 14.9 Å². The molecule has 140 valence electrons. The van der Waals surface area contributed by atoms with E-state index >= 15 is 0 Å². The molecule has 2 aliphatic rings. The van der Waals surface area contributed by atoms with Crippen molar-refractivity contribution >= 4 is 15.7 Å². The number of hydrogen-bond acceptors (Lipinski definition) is 5. The summed E-state index contributed by atoms with van der Waals surface area (Å²) >= 11 is 0. The molecule has 0 spiro atoms. The van der Waals surface area contributed by atoms with Crippen molar-refractivity contribution in [3.05, 3.63) is 29.3 Å². The van der Waals surface area contributed by atoms with Crippen molar-refractivity contribution in [3.8, 4) is 0 Å². The first kappa shape index (κ1) is 18.6. The molecule has 0 aromatic heterocycles. The predicted octanol–water partition coefficient (Wildman–Crippen LogP) is 0.918. The number of piperazine rings is 1. The summed E-state index contributed by atoms with van der Waals surface area (Å²) in [4.78, 5) is 4.90. The SMILES string of the molecule is Cc1c(CN2CCNCC2)cccc1N1CCC(NS(C)(=O)=O)CC1. The molecule has 7 heteroatoms. The number of rotatable bonds is 5. The summed E-state index contributed by atoms with van der Waals surface area (Å²) in [6.07, 6.45) is 2.95. The molecule has 6 nitrogen and oxygen atoms in total. The molecule has 2 N–H and O–H groups in total. The van der Waals surface area contributed by atoms with Crippen LogP contribution in [-0.2, 0) is 16.6 Å². The fourth-order valence-corrected chi connectivity index (χ4v) is 4.68. The Labute approximate surface area is 151 Å². The van der Waals surface area contributed by atoms with Gasteiger partial charge in [0.2, 0.25) is 10.0 Å². The minimum atomic E-state index is -3.12. The summed E-state index contributed by atoms with van der Waals surface area (Å²) in [5, 5.41) is 3.40. The van der Waals surface area contributed by atoms with Gasteiger partial charge in [0, 0.05) is 57.5 Å². The van der Waals surface area contributed by atoms with E-state index in [1.54, 1.807) is 0 Å². The summed E-state index contributed by atoms with van der Waals surface area (Å²) in [5.74, 6) is 0. The van der Waals surface area contributed by atoms with Gasteiger partial charge < -0.3 is 10.2 Å². The van der Waals surface area contributed by atoms with Crippen molar-refractivity contribution in [2.45, 2.75) is 32.4 Å². The molecular weight excluding hydrogens is 336 g/mol. The molecule has 1 aromatic rings. The smallest absolute Gasteiger partial charge is 0.208 e. The number of hydrogen-bond donors (Lipinski definition) is 2. The monoisotopic (exact) mass is 366 g/mol. The van der Waals surface area contributed by atoms with Crippen molar-refractivity contribution in [2.75, 3.05) is 50.4 Å². The Kier molecular flexibility index (Phi) is 5.99. The van der Waals surface area contributed by atoms with Crippen LogP contribution in [0.1, 0.15) is 24.0 Å². The maximum absolute atomic E-state index is 11.4. The standard InChI is InChI=1S/C18H30N4O2S/c1-15-16(14-21-12-8-19-9-13-21)4-3-5-18(15)22-10-6-17(7-11-22)20-25(2,23)24/h3-5,17,19-20H,6-14H2,1-2H3. The molecule has 1 aromatic carbocycles. The van der Waals surface area contributed by atoms with Crippen LogP contribution < -0.4 is 14.9 Å².